The molecular weight excluding hydrogens is 274 g/mol. The second-order valence-corrected chi connectivity index (χ2v) is 4.77. The van der Waals surface area contributed by atoms with E-state index in [0.29, 0.717) is 24.8 Å². The van der Waals surface area contributed by atoms with Crippen molar-refractivity contribution < 1.29 is 9.47 Å². The molecule has 0 aliphatic carbocycles. The molecule has 0 radical (unpaired) electrons. The van der Waals surface area contributed by atoms with E-state index >= 15 is 0 Å². The fourth-order valence-corrected chi connectivity index (χ4v) is 1.93. The molecule has 2 rings (SSSR count). The van der Waals surface area contributed by atoms with E-state index < -0.39 is 0 Å². The van der Waals surface area contributed by atoms with Gasteiger partial charge in [0.1, 0.15) is 24.7 Å². The summed E-state index contributed by atoms with van der Waals surface area (Å²) in [7, 11) is 0. The van der Waals surface area contributed by atoms with Gasteiger partial charge in [-0.25, -0.2) is 0 Å². The zero-order chi connectivity index (χ0) is 14.2. The van der Waals surface area contributed by atoms with Crippen LogP contribution in [0.4, 0.5) is 0 Å². The summed E-state index contributed by atoms with van der Waals surface area (Å²) in [6.45, 7) is 1.63. The monoisotopic (exact) mass is 291 g/mol. The van der Waals surface area contributed by atoms with Gasteiger partial charge in [0.05, 0.1) is 0 Å². The molecule has 0 bridgehead atoms. The normalized spacial score (nSPS) is 10.3. The first-order valence-corrected chi connectivity index (χ1v) is 6.96. The Morgan fingerprint density at radius 2 is 1.60 bits per heavy atom. The van der Waals surface area contributed by atoms with Crippen molar-refractivity contribution in [2.75, 3.05) is 19.8 Å². The second-order valence-electron chi connectivity index (χ2n) is 4.34. The highest BCUT2D eigenvalue weighted by atomic mass is 35.5. The Balaban J connectivity index is 1.75. The summed E-state index contributed by atoms with van der Waals surface area (Å²) >= 11 is 5.80. The van der Waals surface area contributed by atoms with Crippen molar-refractivity contribution >= 4 is 11.6 Å². The number of ether oxygens (including phenoxy) is 2. The predicted octanol–water partition coefficient (Wildman–Crippen LogP) is 3.30. The van der Waals surface area contributed by atoms with Gasteiger partial charge in [-0.2, -0.15) is 0 Å². The number of hydrogen-bond donors (Lipinski definition) is 1. The van der Waals surface area contributed by atoms with Gasteiger partial charge < -0.3 is 15.2 Å². The molecule has 0 aromatic heterocycles. The Labute approximate surface area is 124 Å². The molecule has 106 valence electrons. The highest BCUT2D eigenvalue weighted by Crippen LogP contribution is 2.16. The van der Waals surface area contributed by atoms with Crippen LogP contribution in [-0.2, 0) is 6.42 Å². The summed E-state index contributed by atoms with van der Waals surface area (Å²) in [6.07, 6.45) is 0.860. The van der Waals surface area contributed by atoms with Crippen LogP contribution in [0.1, 0.15) is 5.56 Å². The SMILES string of the molecule is NCCc1cccc(OCCOc2ccc(Cl)cc2)c1. The molecule has 0 amide bonds. The zero-order valence-electron chi connectivity index (χ0n) is 11.2. The Bertz CT molecular complexity index is 528. The Morgan fingerprint density at radius 1 is 0.900 bits per heavy atom. The van der Waals surface area contributed by atoms with Crippen molar-refractivity contribution in [3.05, 3.63) is 59.1 Å². The molecular formula is C16H18ClNO2. The summed E-state index contributed by atoms with van der Waals surface area (Å²) in [6, 6.07) is 15.2. The van der Waals surface area contributed by atoms with Crippen molar-refractivity contribution in [2.45, 2.75) is 6.42 Å². The van der Waals surface area contributed by atoms with Crippen LogP contribution < -0.4 is 15.2 Å². The van der Waals surface area contributed by atoms with Crippen LogP contribution in [0.2, 0.25) is 5.02 Å². The first-order chi connectivity index (χ1) is 9.78. The highest BCUT2D eigenvalue weighted by molar-refractivity contribution is 6.30. The number of benzene rings is 2. The molecule has 4 heteroatoms. The molecule has 2 N–H and O–H groups in total. The van der Waals surface area contributed by atoms with Gasteiger partial charge in [-0.05, 0) is 54.9 Å². The Morgan fingerprint density at radius 3 is 2.30 bits per heavy atom. The van der Waals surface area contributed by atoms with Crippen molar-refractivity contribution in [2.24, 2.45) is 5.73 Å². The smallest absolute Gasteiger partial charge is 0.122 e. The third kappa shape index (κ3) is 4.76. The molecule has 0 spiro atoms. The lowest BCUT2D eigenvalue weighted by Gasteiger charge is -2.09. The second kappa shape index (κ2) is 7.78. The topological polar surface area (TPSA) is 44.5 Å². The molecule has 0 fully saturated rings. The van der Waals surface area contributed by atoms with E-state index in [0.717, 1.165) is 17.9 Å². The van der Waals surface area contributed by atoms with Gasteiger partial charge in [-0.1, -0.05) is 23.7 Å². The molecule has 3 nitrogen and oxygen atoms in total. The Kier molecular flexibility index (Phi) is 5.71. The fraction of sp³-hybridized carbons (Fsp3) is 0.250. The lowest BCUT2D eigenvalue weighted by Crippen LogP contribution is -2.09. The van der Waals surface area contributed by atoms with Gasteiger partial charge in [-0.15, -0.1) is 0 Å². The van der Waals surface area contributed by atoms with Gasteiger partial charge in [0.2, 0.25) is 0 Å². The number of rotatable bonds is 7. The van der Waals surface area contributed by atoms with E-state index in [4.69, 9.17) is 26.8 Å². The number of halogens is 1. The van der Waals surface area contributed by atoms with Gasteiger partial charge in [0.25, 0.3) is 0 Å². The molecule has 0 aliphatic rings. The molecule has 0 saturated heterocycles. The molecule has 20 heavy (non-hydrogen) atoms. The van der Waals surface area contributed by atoms with Gasteiger partial charge in [0.15, 0.2) is 0 Å². The molecule has 0 atom stereocenters. The summed E-state index contributed by atoms with van der Waals surface area (Å²) in [5.41, 5.74) is 6.72. The third-order valence-corrected chi connectivity index (χ3v) is 3.02. The van der Waals surface area contributed by atoms with E-state index in [1.54, 1.807) is 12.1 Å². The summed E-state index contributed by atoms with van der Waals surface area (Å²) in [5.74, 6) is 1.63. The van der Waals surface area contributed by atoms with Crippen molar-refractivity contribution in [3.8, 4) is 11.5 Å². The standard InChI is InChI=1S/C16H18ClNO2/c17-14-4-6-15(7-5-14)19-10-11-20-16-3-1-2-13(12-16)8-9-18/h1-7,12H,8-11,18H2. The molecule has 2 aromatic rings. The van der Waals surface area contributed by atoms with Crippen LogP contribution in [0.25, 0.3) is 0 Å². The largest absolute Gasteiger partial charge is 0.490 e. The van der Waals surface area contributed by atoms with Crippen LogP contribution in [-0.4, -0.2) is 19.8 Å². The van der Waals surface area contributed by atoms with Gasteiger partial charge >= 0.3 is 0 Å². The molecule has 2 aromatic carbocycles. The maximum atomic E-state index is 5.80. The molecule has 0 unspecified atom stereocenters. The van der Waals surface area contributed by atoms with E-state index in [9.17, 15) is 0 Å². The third-order valence-electron chi connectivity index (χ3n) is 2.77. The summed E-state index contributed by atoms with van der Waals surface area (Å²) in [4.78, 5) is 0. The van der Waals surface area contributed by atoms with Gasteiger partial charge in [0, 0.05) is 5.02 Å². The van der Waals surface area contributed by atoms with Crippen LogP contribution in [0.3, 0.4) is 0 Å². The fourth-order valence-electron chi connectivity index (χ4n) is 1.81. The summed E-state index contributed by atoms with van der Waals surface area (Å²) < 4.78 is 11.2. The van der Waals surface area contributed by atoms with Crippen molar-refractivity contribution in [1.29, 1.82) is 0 Å². The first-order valence-electron chi connectivity index (χ1n) is 6.58. The highest BCUT2D eigenvalue weighted by Gasteiger charge is 1.98. The zero-order valence-corrected chi connectivity index (χ0v) is 12.0. The van der Waals surface area contributed by atoms with Crippen LogP contribution in [0, 0.1) is 0 Å². The maximum Gasteiger partial charge on any atom is 0.122 e. The number of hydrogen-bond acceptors (Lipinski definition) is 3. The average Bonchev–Trinajstić information content (AvgIpc) is 2.46. The minimum absolute atomic E-state index is 0.489. The molecule has 0 heterocycles. The lowest BCUT2D eigenvalue weighted by molar-refractivity contribution is 0.217. The van der Waals surface area contributed by atoms with Gasteiger partial charge in [-0.3, -0.25) is 0 Å². The molecule has 0 saturated carbocycles. The van der Waals surface area contributed by atoms with E-state index in [1.165, 1.54) is 5.56 Å². The first kappa shape index (κ1) is 14.7. The lowest BCUT2D eigenvalue weighted by atomic mass is 10.1. The minimum atomic E-state index is 0.489. The minimum Gasteiger partial charge on any atom is -0.490 e. The number of nitrogens with two attached hydrogens (primary N) is 1. The van der Waals surface area contributed by atoms with E-state index in [2.05, 4.69) is 0 Å². The van der Waals surface area contributed by atoms with Crippen LogP contribution in [0.15, 0.2) is 48.5 Å². The average molecular weight is 292 g/mol. The quantitative estimate of drug-likeness (QED) is 0.796. The van der Waals surface area contributed by atoms with Crippen molar-refractivity contribution in [1.82, 2.24) is 0 Å². The Hall–Kier alpha value is -1.71. The summed E-state index contributed by atoms with van der Waals surface area (Å²) in [5, 5.41) is 0.699. The maximum absolute atomic E-state index is 5.80. The van der Waals surface area contributed by atoms with E-state index in [-0.39, 0.29) is 0 Å². The van der Waals surface area contributed by atoms with E-state index in [1.807, 2.05) is 36.4 Å². The van der Waals surface area contributed by atoms with Crippen LogP contribution in [0.5, 0.6) is 11.5 Å². The molecule has 0 aliphatic heterocycles. The predicted molar refractivity (Wildman–Crippen MR) is 81.6 cm³/mol. The van der Waals surface area contributed by atoms with Crippen molar-refractivity contribution in [3.63, 3.8) is 0 Å². The van der Waals surface area contributed by atoms with Crippen LogP contribution >= 0.6 is 11.6 Å².